The number of benzene rings is 3. The van der Waals surface area contributed by atoms with Crippen LogP contribution in [0, 0.1) is 12.3 Å². The second-order valence-corrected chi connectivity index (χ2v) is 12.3. The number of hydrogen-bond donors (Lipinski definition) is 2. The van der Waals surface area contributed by atoms with E-state index in [2.05, 4.69) is 62.5 Å². The zero-order valence-electron chi connectivity index (χ0n) is 27.7. The van der Waals surface area contributed by atoms with E-state index in [9.17, 15) is 19.8 Å². The third-order valence-corrected chi connectivity index (χ3v) is 7.95. The average Bonchev–Trinajstić information content (AvgIpc) is 3.05. The van der Waals surface area contributed by atoms with Crippen molar-refractivity contribution in [3.63, 3.8) is 0 Å². The van der Waals surface area contributed by atoms with Crippen LogP contribution in [0.2, 0.25) is 0 Å². The van der Waals surface area contributed by atoms with E-state index in [0.29, 0.717) is 43.3 Å². The minimum absolute atomic E-state index is 0.161. The molecular weight excluding hydrogens is 580 g/mol. The van der Waals surface area contributed by atoms with Gasteiger partial charge in [-0.05, 0) is 104 Å². The minimum atomic E-state index is -0.675. The monoisotopic (exact) mass is 628 g/mol. The topological polar surface area (TPSA) is 102 Å². The SMILES string of the molecule is C=C(C)C(=O)OCCCc1cc(-c2ccc(-c3ccccc3)cc2C)cc(CCCOC(=O)C(=C)C)c1OCCC(C)(CO)CO. The van der Waals surface area contributed by atoms with Gasteiger partial charge in [-0.3, -0.25) is 0 Å². The van der Waals surface area contributed by atoms with Gasteiger partial charge in [0.2, 0.25) is 0 Å². The Hall–Kier alpha value is -4.20. The number of aryl methyl sites for hydroxylation is 3. The van der Waals surface area contributed by atoms with Gasteiger partial charge in [0.05, 0.1) is 33.0 Å². The highest BCUT2D eigenvalue weighted by molar-refractivity contribution is 5.87. The second kappa shape index (κ2) is 17.5. The first-order valence-electron chi connectivity index (χ1n) is 15.8. The first kappa shape index (κ1) is 36.3. The van der Waals surface area contributed by atoms with Crippen LogP contribution >= 0.6 is 0 Å². The van der Waals surface area contributed by atoms with Gasteiger partial charge >= 0.3 is 11.9 Å². The predicted octanol–water partition coefficient (Wildman–Crippen LogP) is 7.19. The fraction of sp³-hybridized carbons (Fsp3) is 0.385. The van der Waals surface area contributed by atoms with Crippen molar-refractivity contribution in [1.29, 1.82) is 0 Å². The molecule has 0 aliphatic rings. The van der Waals surface area contributed by atoms with E-state index in [0.717, 1.165) is 44.7 Å². The summed E-state index contributed by atoms with van der Waals surface area (Å²) in [7, 11) is 0. The van der Waals surface area contributed by atoms with E-state index in [1.54, 1.807) is 13.8 Å². The summed E-state index contributed by atoms with van der Waals surface area (Å²) in [4.78, 5) is 24.0. The summed E-state index contributed by atoms with van der Waals surface area (Å²) in [5, 5.41) is 19.6. The number of aliphatic hydroxyl groups excluding tert-OH is 2. The smallest absolute Gasteiger partial charge is 0.333 e. The first-order valence-corrected chi connectivity index (χ1v) is 15.8. The summed E-state index contributed by atoms with van der Waals surface area (Å²) in [6.07, 6.45) is 2.77. The Balaban J connectivity index is 2.00. The summed E-state index contributed by atoms with van der Waals surface area (Å²) < 4.78 is 17.2. The molecule has 0 saturated carbocycles. The molecule has 246 valence electrons. The van der Waals surface area contributed by atoms with Crippen molar-refractivity contribution in [3.8, 4) is 28.0 Å². The Labute approximate surface area is 273 Å². The maximum Gasteiger partial charge on any atom is 0.333 e. The minimum Gasteiger partial charge on any atom is -0.493 e. The molecule has 0 heterocycles. The summed E-state index contributed by atoms with van der Waals surface area (Å²) in [6.45, 7) is 14.9. The van der Waals surface area contributed by atoms with Crippen LogP contribution in [0.4, 0.5) is 0 Å². The van der Waals surface area contributed by atoms with Gasteiger partial charge in [0, 0.05) is 16.6 Å². The van der Waals surface area contributed by atoms with Crippen molar-refractivity contribution in [2.24, 2.45) is 5.41 Å². The second-order valence-electron chi connectivity index (χ2n) is 12.3. The highest BCUT2D eigenvalue weighted by Gasteiger charge is 2.23. The standard InChI is InChI=1S/C39H48O7/c1-27(2)37(42)45-19-10-14-32-23-34(35-17-16-31(22-29(35)5)30-12-8-7-9-13-30)24-33(15-11-20-46-38(43)28(3)4)36(32)44-21-18-39(6,25-40)26-41/h7-9,12-13,16-17,22-24,40-41H,1,3,10-11,14-15,18-21,25-26H2,2,4-6H3. The van der Waals surface area contributed by atoms with Crippen LogP contribution in [0.25, 0.3) is 22.3 Å². The molecule has 2 N–H and O–H groups in total. The summed E-state index contributed by atoms with van der Waals surface area (Å²) in [6, 6.07) is 21.0. The molecular formula is C39H48O7. The largest absolute Gasteiger partial charge is 0.493 e. The van der Waals surface area contributed by atoms with Gasteiger partial charge in [-0.15, -0.1) is 0 Å². The van der Waals surface area contributed by atoms with Crippen molar-refractivity contribution >= 4 is 11.9 Å². The molecule has 3 rings (SSSR count). The van der Waals surface area contributed by atoms with Crippen molar-refractivity contribution < 1.29 is 34.0 Å². The van der Waals surface area contributed by atoms with Gasteiger partial charge < -0.3 is 24.4 Å². The van der Waals surface area contributed by atoms with Crippen molar-refractivity contribution in [2.45, 2.75) is 59.8 Å². The van der Waals surface area contributed by atoms with Crippen LogP contribution in [-0.2, 0) is 31.9 Å². The van der Waals surface area contributed by atoms with Gasteiger partial charge in [-0.25, -0.2) is 9.59 Å². The molecule has 0 aliphatic heterocycles. The molecule has 7 heteroatoms. The zero-order valence-corrected chi connectivity index (χ0v) is 27.7. The van der Waals surface area contributed by atoms with Crippen LogP contribution < -0.4 is 4.74 Å². The van der Waals surface area contributed by atoms with Crippen molar-refractivity contribution in [2.75, 3.05) is 33.0 Å². The van der Waals surface area contributed by atoms with E-state index in [1.807, 2.05) is 25.1 Å². The van der Waals surface area contributed by atoms with Gasteiger partial charge in [0.1, 0.15) is 5.75 Å². The molecule has 46 heavy (non-hydrogen) atoms. The Morgan fingerprint density at radius 2 is 1.28 bits per heavy atom. The fourth-order valence-electron chi connectivity index (χ4n) is 4.97. The zero-order chi connectivity index (χ0) is 33.7. The van der Waals surface area contributed by atoms with Crippen LogP contribution in [0.1, 0.15) is 56.7 Å². The lowest BCUT2D eigenvalue weighted by molar-refractivity contribution is -0.139. The molecule has 0 atom stereocenters. The number of hydrogen-bond acceptors (Lipinski definition) is 7. The molecule has 0 bridgehead atoms. The molecule has 0 spiro atoms. The van der Waals surface area contributed by atoms with Crippen LogP contribution in [0.5, 0.6) is 5.75 Å². The van der Waals surface area contributed by atoms with E-state index >= 15 is 0 Å². The number of esters is 2. The highest BCUT2D eigenvalue weighted by Crippen LogP contribution is 2.36. The predicted molar refractivity (Wildman–Crippen MR) is 183 cm³/mol. The quantitative estimate of drug-likeness (QED) is 0.0873. The summed E-state index contributed by atoms with van der Waals surface area (Å²) in [5.74, 6) is -0.119. The molecule has 0 amide bonds. The van der Waals surface area contributed by atoms with Crippen LogP contribution in [0.15, 0.2) is 85.0 Å². The molecule has 7 nitrogen and oxygen atoms in total. The normalized spacial score (nSPS) is 11.2. The Morgan fingerprint density at radius 3 is 1.76 bits per heavy atom. The molecule has 0 radical (unpaired) electrons. The third-order valence-electron chi connectivity index (χ3n) is 7.95. The molecule has 3 aromatic rings. The lowest BCUT2D eigenvalue weighted by Gasteiger charge is -2.25. The number of carbonyl (C=O) groups excluding carboxylic acids is 2. The van der Waals surface area contributed by atoms with Crippen molar-refractivity contribution in [3.05, 3.63) is 102 Å². The molecule has 0 fully saturated rings. The van der Waals surface area contributed by atoms with Gasteiger partial charge in [-0.2, -0.15) is 0 Å². The third kappa shape index (κ3) is 10.4. The molecule has 3 aromatic carbocycles. The summed E-state index contributed by atoms with van der Waals surface area (Å²) >= 11 is 0. The van der Waals surface area contributed by atoms with Crippen LogP contribution in [-0.4, -0.2) is 55.2 Å². The number of aliphatic hydroxyl groups is 2. The molecule has 0 aliphatic carbocycles. The molecule has 0 saturated heterocycles. The number of rotatable bonds is 18. The van der Waals surface area contributed by atoms with E-state index in [1.165, 1.54) is 0 Å². The van der Waals surface area contributed by atoms with Gasteiger partial charge in [-0.1, -0.05) is 68.6 Å². The Bertz CT molecular complexity index is 1450. The lowest BCUT2D eigenvalue weighted by atomic mass is 9.89. The van der Waals surface area contributed by atoms with E-state index < -0.39 is 17.4 Å². The number of ether oxygens (including phenoxy) is 3. The van der Waals surface area contributed by atoms with Gasteiger partial charge in [0.25, 0.3) is 0 Å². The average molecular weight is 629 g/mol. The van der Waals surface area contributed by atoms with E-state index in [4.69, 9.17) is 14.2 Å². The fourth-order valence-corrected chi connectivity index (χ4v) is 4.97. The molecule has 0 aromatic heterocycles. The Kier molecular flexibility index (Phi) is 13.8. The number of carbonyl (C=O) groups is 2. The van der Waals surface area contributed by atoms with Crippen LogP contribution in [0.3, 0.4) is 0 Å². The molecule has 0 unspecified atom stereocenters. The Morgan fingerprint density at radius 1 is 0.739 bits per heavy atom. The van der Waals surface area contributed by atoms with Gasteiger partial charge in [0.15, 0.2) is 0 Å². The maximum atomic E-state index is 12.0. The highest BCUT2D eigenvalue weighted by atomic mass is 16.5. The summed E-state index contributed by atoms with van der Waals surface area (Å²) in [5.41, 5.74) is 7.47. The lowest BCUT2D eigenvalue weighted by Crippen LogP contribution is -2.28. The van der Waals surface area contributed by atoms with Crippen molar-refractivity contribution in [1.82, 2.24) is 0 Å². The van der Waals surface area contributed by atoms with E-state index in [-0.39, 0.29) is 33.0 Å². The maximum absolute atomic E-state index is 12.0. The first-order chi connectivity index (χ1) is 22.0.